The Morgan fingerprint density at radius 3 is 2.94 bits per heavy atom. The number of anilines is 1. The zero-order chi connectivity index (χ0) is 12.6. The van der Waals surface area contributed by atoms with Crippen molar-refractivity contribution in [2.45, 2.75) is 31.3 Å². The topological polar surface area (TPSA) is 75.9 Å². The molecule has 0 spiro atoms. The second kappa shape index (κ2) is 4.20. The van der Waals surface area contributed by atoms with Gasteiger partial charge in [-0.15, -0.1) is 0 Å². The summed E-state index contributed by atoms with van der Waals surface area (Å²) in [4.78, 5) is 8.41. The second-order valence-corrected chi connectivity index (χ2v) is 5.01. The highest BCUT2D eigenvalue weighted by Gasteiger charge is 2.30. The zero-order valence-corrected chi connectivity index (χ0v) is 10.4. The van der Waals surface area contributed by atoms with Crippen LogP contribution in [0.4, 0.5) is 5.82 Å². The van der Waals surface area contributed by atoms with Gasteiger partial charge in [-0.2, -0.15) is 5.10 Å². The highest BCUT2D eigenvalue weighted by atomic mass is 16.3. The lowest BCUT2D eigenvalue weighted by Gasteiger charge is -2.22. The maximum atomic E-state index is 10.3. The first-order chi connectivity index (χ1) is 8.68. The second-order valence-electron chi connectivity index (χ2n) is 5.01. The monoisotopic (exact) mass is 247 g/mol. The van der Waals surface area contributed by atoms with Gasteiger partial charge in [-0.3, -0.25) is 4.68 Å². The average Bonchev–Trinajstić information content (AvgIpc) is 2.96. The van der Waals surface area contributed by atoms with Crippen LogP contribution in [-0.4, -0.2) is 37.0 Å². The SMILES string of the molecule is Cn1ncc2c(NCC3(O)CCCC3)ncnc21. The van der Waals surface area contributed by atoms with Crippen molar-refractivity contribution < 1.29 is 5.11 Å². The van der Waals surface area contributed by atoms with E-state index in [0.29, 0.717) is 6.54 Å². The Labute approximate surface area is 105 Å². The molecule has 1 aliphatic carbocycles. The third kappa shape index (κ3) is 1.92. The minimum atomic E-state index is -0.584. The predicted molar refractivity (Wildman–Crippen MR) is 68.2 cm³/mol. The Morgan fingerprint density at radius 2 is 2.17 bits per heavy atom. The normalized spacial score (nSPS) is 18.3. The molecule has 6 heteroatoms. The molecular weight excluding hydrogens is 230 g/mol. The van der Waals surface area contributed by atoms with E-state index in [-0.39, 0.29) is 0 Å². The number of hydrogen-bond acceptors (Lipinski definition) is 5. The molecule has 0 unspecified atom stereocenters. The lowest BCUT2D eigenvalue weighted by atomic mass is 10.0. The number of fused-ring (bicyclic) bond motifs is 1. The van der Waals surface area contributed by atoms with Crippen molar-refractivity contribution in [2.24, 2.45) is 7.05 Å². The van der Waals surface area contributed by atoms with E-state index in [0.717, 1.165) is 42.5 Å². The minimum Gasteiger partial charge on any atom is -0.388 e. The van der Waals surface area contributed by atoms with Gasteiger partial charge in [0.15, 0.2) is 5.65 Å². The lowest BCUT2D eigenvalue weighted by molar-refractivity contribution is 0.0614. The molecule has 2 N–H and O–H groups in total. The molecule has 1 fully saturated rings. The number of nitrogens with zero attached hydrogens (tertiary/aromatic N) is 4. The quantitative estimate of drug-likeness (QED) is 0.848. The van der Waals surface area contributed by atoms with Gasteiger partial charge in [0, 0.05) is 13.6 Å². The van der Waals surface area contributed by atoms with E-state index in [4.69, 9.17) is 0 Å². The molecule has 0 amide bonds. The molecule has 2 aromatic rings. The summed E-state index contributed by atoms with van der Waals surface area (Å²) in [5.41, 5.74) is 0.213. The van der Waals surface area contributed by atoms with E-state index in [2.05, 4.69) is 20.4 Å². The fraction of sp³-hybridized carbons (Fsp3) is 0.583. The summed E-state index contributed by atoms with van der Waals surface area (Å²) in [6.45, 7) is 0.536. The predicted octanol–water partition coefficient (Wildman–Crippen LogP) is 1.08. The molecule has 1 saturated carbocycles. The summed E-state index contributed by atoms with van der Waals surface area (Å²) in [5, 5.41) is 18.6. The van der Waals surface area contributed by atoms with Crippen molar-refractivity contribution in [3.63, 3.8) is 0 Å². The van der Waals surface area contributed by atoms with Crippen LogP contribution in [0.1, 0.15) is 25.7 Å². The fourth-order valence-electron chi connectivity index (χ4n) is 2.56. The summed E-state index contributed by atoms with van der Waals surface area (Å²) in [7, 11) is 1.85. The first-order valence-electron chi connectivity index (χ1n) is 6.27. The van der Waals surface area contributed by atoms with Gasteiger partial charge in [0.1, 0.15) is 12.1 Å². The van der Waals surface area contributed by atoms with Gasteiger partial charge in [-0.1, -0.05) is 12.8 Å². The van der Waals surface area contributed by atoms with E-state index in [1.807, 2.05) is 7.05 Å². The molecule has 18 heavy (non-hydrogen) atoms. The maximum absolute atomic E-state index is 10.3. The molecule has 1 aliphatic rings. The van der Waals surface area contributed by atoms with E-state index >= 15 is 0 Å². The van der Waals surface area contributed by atoms with Crippen LogP contribution in [0.15, 0.2) is 12.5 Å². The Bertz CT molecular complexity index is 559. The molecule has 0 atom stereocenters. The molecule has 96 valence electrons. The summed E-state index contributed by atoms with van der Waals surface area (Å²) in [5.74, 6) is 0.744. The summed E-state index contributed by atoms with van der Waals surface area (Å²) < 4.78 is 1.71. The van der Waals surface area contributed by atoms with Gasteiger partial charge in [0.05, 0.1) is 17.2 Å². The Hall–Kier alpha value is -1.69. The Balaban J connectivity index is 1.82. The number of aromatic nitrogens is 4. The smallest absolute Gasteiger partial charge is 0.163 e. The Kier molecular flexibility index (Phi) is 2.66. The van der Waals surface area contributed by atoms with E-state index < -0.39 is 5.60 Å². The lowest BCUT2D eigenvalue weighted by Crippen LogP contribution is -2.33. The van der Waals surface area contributed by atoms with Crippen molar-refractivity contribution in [2.75, 3.05) is 11.9 Å². The highest BCUT2D eigenvalue weighted by molar-refractivity contribution is 5.85. The molecular formula is C12H17N5O. The van der Waals surface area contributed by atoms with Crippen molar-refractivity contribution >= 4 is 16.9 Å². The van der Waals surface area contributed by atoms with Crippen molar-refractivity contribution in [3.8, 4) is 0 Å². The number of aryl methyl sites for hydroxylation is 1. The van der Waals surface area contributed by atoms with Crippen LogP contribution in [0.2, 0.25) is 0 Å². The van der Waals surface area contributed by atoms with Gasteiger partial charge in [-0.25, -0.2) is 9.97 Å². The van der Waals surface area contributed by atoms with Gasteiger partial charge < -0.3 is 10.4 Å². The van der Waals surface area contributed by atoms with Crippen molar-refractivity contribution in [1.82, 2.24) is 19.7 Å². The fourth-order valence-corrected chi connectivity index (χ4v) is 2.56. The first kappa shape index (κ1) is 11.4. The number of rotatable bonds is 3. The van der Waals surface area contributed by atoms with E-state index in [1.165, 1.54) is 6.33 Å². The van der Waals surface area contributed by atoms with Gasteiger partial charge in [0.2, 0.25) is 0 Å². The van der Waals surface area contributed by atoms with Crippen LogP contribution in [0.25, 0.3) is 11.0 Å². The highest BCUT2D eigenvalue weighted by Crippen LogP contribution is 2.30. The number of nitrogens with one attached hydrogen (secondary N) is 1. The zero-order valence-electron chi connectivity index (χ0n) is 10.4. The van der Waals surface area contributed by atoms with Gasteiger partial charge >= 0.3 is 0 Å². The van der Waals surface area contributed by atoms with Crippen LogP contribution in [0.3, 0.4) is 0 Å². The van der Waals surface area contributed by atoms with Crippen LogP contribution >= 0.6 is 0 Å². The molecule has 0 aromatic carbocycles. The third-order valence-corrected chi connectivity index (χ3v) is 3.65. The summed E-state index contributed by atoms with van der Waals surface area (Å²) in [6.07, 6.45) is 7.19. The summed E-state index contributed by atoms with van der Waals surface area (Å²) >= 11 is 0. The standard InChI is InChI=1S/C12H17N5O/c1-17-11-9(6-16-17)10(14-8-15-11)13-7-12(18)4-2-3-5-12/h6,8,18H,2-5,7H2,1H3,(H,13,14,15). The molecule has 0 saturated heterocycles. The largest absolute Gasteiger partial charge is 0.388 e. The Morgan fingerprint density at radius 1 is 1.39 bits per heavy atom. The van der Waals surface area contributed by atoms with Crippen LogP contribution in [0, 0.1) is 0 Å². The molecule has 6 nitrogen and oxygen atoms in total. The van der Waals surface area contributed by atoms with E-state index in [9.17, 15) is 5.11 Å². The van der Waals surface area contributed by atoms with Crippen molar-refractivity contribution in [1.29, 1.82) is 0 Å². The molecule has 2 heterocycles. The third-order valence-electron chi connectivity index (χ3n) is 3.65. The molecule has 0 aliphatic heterocycles. The maximum Gasteiger partial charge on any atom is 0.163 e. The average molecular weight is 247 g/mol. The van der Waals surface area contributed by atoms with Crippen molar-refractivity contribution in [3.05, 3.63) is 12.5 Å². The molecule has 0 bridgehead atoms. The van der Waals surface area contributed by atoms with Crippen LogP contribution in [0.5, 0.6) is 0 Å². The van der Waals surface area contributed by atoms with Crippen LogP contribution in [-0.2, 0) is 7.05 Å². The minimum absolute atomic E-state index is 0.536. The molecule has 2 aromatic heterocycles. The molecule has 3 rings (SSSR count). The summed E-state index contributed by atoms with van der Waals surface area (Å²) in [6, 6.07) is 0. The van der Waals surface area contributed by atoms with Crippen LogP contribution < -0.4 is 5.32 Å². The first-order valence-corrected chi connectivity index (χ1v) is 6.27. The number of hydrogen-bond donors (Lipinski definition) is 2. The van der Waals surface area contributed by atoms with E-state index in [1.54, 1.807) is 10.9 Å². The molecule has 0 radical (unpaired) electrons. The van der Waals surface area contributed by atoms with Gasteiger partial charge in [0.25, 0.3) is 0 Å². The number of aliphatic hydroxyl groups is 1. The van der Waals surface area contributed by atoms with Gasteiger partial charge in [-0.05, 0) is 12.8 Å².